The fourth-order valence-corrected chi connectivity index (χ4v) is 1.76. The van der Waals surface area contributed by atoms with E-state index in [4.69, 9.17) is 5.11 Å². The molecule has 5 heteroatoms. The number of aliphatic carboxylic acids is 1. The first-order chi connectivity index (χ1) is 6.86. The van der Waals surface area contributed by atoms with Crippen LogP contribution in [0.15, 0.2) is 10.5 Å². The Balaban J connectivity index is 3.53. The van der Waals surface area contributed by atoms with Crippen molar-refractivity contribution in [1.82, 2.24) is 0 Å². The van der Waals surface area contributed by atoms with E-state index in [1.54, 1.807) is 0 Å². The molecule has 0 unspecified atom stereocenters. The summed E-state index contributed by atoms with van der Waals surface area (Å²) in [5.74, 6) is -3.66. The first-order valence-electron chi connectivity index (χ1n) is 4.09. The van der Waals surface area contributed by atoms with E-state index in [-0.39, 0.29) is 11.1 Å². The summed E-state index contributed by atoms with van der Waals surface area (Å²) in [6.45, 7) is 2.96. The number of aryl methyl sites for hydroxylation is 1. The third kappa shape index (κ3) is 2.07. The molecule has 1 aromatic carbocycles. The molecule has 0 heterocycles. The minimum atomic E-state index is -1.66. The predicted molar refractivity (Wildman–Crippen MR) is 55.5 cm³/mol. The second-order valence-electron chi connectivity index (χ2n) is 3.12. The third-order valence-corrected chi connectivity index (χ3v) is 2.89. The molecule has 0 saturated heterocycles. The molecule has 3 nitrogen and oxygen atoms in total. The van der Waals surface area contributed by atoms with Gasteiger partial charge in [-0.05, 0) is 31.0 Å². The monoisotopic (exact) mass is 274 g/mol. The van der Waals surface area contributed by atoms with E-state index in [0.717, 1.165) is 0 Å². The van der Waals surface area contributed by atoms with Crippen molar-refractivity contribution in [2.75, 3.05) is 0 Å². The highest BCUT2D eigenvalue weighted by atomic mass is 79.9. The number of ketones is 1. The molecule has 15 heavy (non-hydrogen) atoms. The summed E-state index contributed by atoms with van der Waals surface area (Å²) in [4.78, 5) is 21.7. The summed E-state index contributed by atoms with van der Waals surface area (Å²) in [7, 11) is 0. The van der Waals surface area contributed by atoms with Crippen LogP contribution in [0.5, 0.6) is 0 Å². The van der Waals surface area contributed by atoms with E-state index in [2.05, 4.69) is 15.9 Å². The average molecular weight is 275 g/mol. The summed E-state index contributed by atoms with van der Waals surface area (Å²) in [5, 5.41) is 8.53. The maximum atomic E-state index is 13.5. The molecule has 80 valence electrons. The van der Waals surface area contributed by atoms with Crippen molar-refractivity contribution < 1.29 is 19.1 Å². The number of carbonyl (C=O) groups excluding carboxylic acids is 1. The zero-order chi connectivity index (χ0) is 11.7. The topological polar surface area (TPSA) is 54.4 Å². The molecule has 0 aliphatic rings. The molecular formula is C10H8BrFO3. The predicted octanol–water partition coefficient (Wildman–Crippen LogP) is 2.47. The van der Waals surface area contributed by atoms with E-state index >= 15 is 0 Å². The van der Waals surface area contributed by atoms with Gasteiger partial charge >= 0.3 is 5.97 Å². The number of rotatable bonds is 2. The van der Waals surface area contributed by atoms with Gasteiger partial charge in [0.05, 0.1) is 5.56 Å². The van der Waals surface area contributed by atoms with Crippen LogP contribution in [0.25, 0.3) is 0 Å². The maximum Gasteiger partial charge on any atom is 0.377 e. The van der Waals surface area contributed by atoms with Gasteiger partial charge in [-0.2, -0.15) is 0 Å². The van der Waals surface area contributed by atoms with Gasteiger partial charge in [-0.25, -0.2) is 9.18 Å². The van der Waals surface area contributed by atoms with Crippen molar-refractivity contribution in [3.8, 4) is 0 Å². The number of Topliss-reactive ketones (excluding diaryl/α,β-unsaturated/α-hetero) is 1. The number of hydrogen-bond donors (Lipinski definition) is 1. The first kappa shape index (κ1) is 11.8. The van der Waals surface area contributed by atoms with Crippen LogP contribution in [0.2, 0.25) is 0 Å². The van der Waals surface area contributed by atoms with Gasteiger partial charge in [-0.3, -0.25) is 4.79 Å². The van der Waals surface area contributed by atoms with Crippen molar-refractivity contribution in [1.29, 1.82) is 0 Å². The molecule has 0 aliphatic heterocycles. The van der Waals surface area contributed by atoms with Crippen LogP contribution in [-0.4, -0.2) is 16.9 Å². The van der Waals surface area contributed by atoms with Crippen molar-refractivity contribution in [3.05, 3.63) is 33.0 Å². The van der Waals surface area contributed by atoms with Gasteiger partial charge in [0, 0.05) is 4.47 Å². The average Bonchev–Trinajstić information content (AvgIpc) is 2.15. The molecule has 0 spiro atoms. The molecular weight excluding hydrogens is 267 g/mol. The highest BCUT2D eigenvalue weighted by molar-refractivity contribution is 9.10. The van der Waals surface area contributed by atoms with Crippen LogP contribution in [0.3, 0.4) is 0 Å². The molecule has 1 N–H and O–H groups in total. The minimum absolute atomic E-state index is 0.233. The van der Waals surface area contributed by atoms with Crippen LogP contribution in [0, 0.1) is 19.7 Å². The van der Waals surface area contributed by atoms with E-state index < -0.39 is 17.6 Å². The van der Waals surface area contributed by atoms with Gasteiger partial charge < -0.3 is 5.11 Å². The Bertz CT molecular complexity index is 428. The van der Waals surface area contributed by atoms with E-state index in [1.165, 1.54) is 19.9 Å². The Hall–Kier alpha value is -1.23. The standard InChI is InChI=1S/C10H8BrFO3/c1-4-3-6(11)5(2)7(8(4)12)9(13)10(14)15/h3H,1-2H3,(H,14,15). The summed E-state index contributed by atoms with van der Waals surface area (Å²) < 4.78 is 14.1. The summed E-state index contributed by atoms with van der Waals surface area (Å²) >= 11 is 3.14. The van der Waals surface area contributed by atoms with E-state index in [1.807, 2.05) is 0 Å². The largest absolute Gasteiger partial charge is 0.475 e. The zero-order valence-electron chi connectivity index (χ0n) is 8.10. The van der Waals surface area contributed by atoms with Crippen LogP contribution in [0.4, 0.5) is 4.39 Å². The van der Waals surface area contributed by atoms with Gasteiger partial charge in [0.25, 0.3) is 5.78 Å². The number of carboxylic acid groups (broad SMARTS) is 1. The zero-order valence-corrected chi connectivity index (χ0v) is 9.68. The number of carbonyl (C=O) groups is 2. The summed E-state index contributed by atoms with van der Waals surface area (Å²) in [5.41, 5.74) is 0.150. The maximum absolute atomic E-state index is 13.5. The van der Waals surface area contributed by atoms with Crippen molar-refractivity contribution >= 4 is 27.7 Å². The summed E-state index contributed by atoms with van der Waals surface area (Å²) in [6.07, 6.45) is 0. The lowest BCUT2D eigenvalue weighted by Crippen LogP contribution is -2.17. The highest BCUT2D eigenvalue weighted by Gasteiger charge is 2.23. The molecule has 0 aliphatic carbocycles. The van der Waals surface area contributed by atoms with Crippen LogP contribution in [-0.2, 0) is 4.79 Å². The molecule has 0 bridgehead atoms. The Morgan fingerprint density at radius 3 is 2.40 bits per heavy atom. The minimum Gasteiger partial charge on any atom is -0.475 e. The lowest BCUT2D eigenvalue weighted by molar-refractivity contribution is -0.131. The van der Waals surface area contributed by atoms with Gasteiger partial charge in [0.2, 0.25) is 0 Å². The van der Waals surface area contributed by atoms with Gasteiger partial charge in [0.15, 0.2) is 0 Å². The fraction of sp³-hybridized carbons (Fsp3) is 0.200. The smallest absolute Gasteiger partial charge is 0.377 e. The van der Waals surface area contributed by atoms with Crippen molar-refractivity contribution in [2.24, 2.45) is 0 Å². The lowest BCUT2D eigenvalue weighted by atomic mass is 10.0. The molecule has 1 aromatic rings. The Morgan fingerprint density at radius 1 is 1.40 bits per heavy atom. The second kappa shape index (κ2) is 4.10. The fourth-order valence-electron chi connectivity index (χ4n) is 1.22. The summed E-state index contributed by atoms with van der Waals surface area (Å²) in [6, 6.07) is 1.50. The molecule has 0 radical (unpaired) electrons. The quantitative estimate of drug-likeness (QED) is 0.666. The Kier molecular flexibility index (Phi) is 3.24. The first-order valence-corrected chi connectivity index (χ1v) is 4.88. The number of benzene rings is 1. The molecule has 0 amide bonds. The molecule has 0 aromatic heterocycles. The Morgan fingerprint density at radius 2 is 1.93 bits per heavy atom. The SMILES string of the molecule is Cc1cc(Br)c(C)c(C(=O)C(=O)O)c1F. The van der Waals surface area contributed by atoms with E-state index in [0.29, 0.717) is 10.0 Å². The molecule has 0 atom stereocenters. The van der Waals surface area contributed by atoms with Crippen LogP contribution >= 0.6 is 15.9 Å². The normalized spacial score (nSPS) is 10.1. The van der Waals surface area contributed by atoms with Gasteiger partial charge in [0.1, 0.15) is 5.82 Å². The second-order valence-corrected chi connectivity index (χ2v) is 3.98. The number of hydrogen-bond acceptors (Lipinski definition) is 2. The molecule has 0 fully saturated rings. The van der Waals surface area contributed by atoms with E-state index in [9.17, 15) is 14.0 Å². The third-order valence-electron chi connectivity index (χ3n) is 2.06. The lowest BCUT2D eigenvalue weighted by Gasteiger charge is -2.08. The van der Waals surface area contributed by atoms with Crippen molar-refractivity contribution in [3.63, 3.8) is 0 Å². The number of carboxylic acids is 1. The molecule has 1 rings (SSSR count). The Labute approximate surface area is 94.0 Å². The van der Waals surface area contributed by atoms with Crippen LogP contribution in [0.1, 0.15) is 21.5 Å². The van der Waals surface area contributed by atoms with Gasteiger partial charge in [-0.15, -0.1) is 0 Å². The highest BCUT2D eigenvalue weighted by Crippen LogP contribution is 2.25. The molecule has 0 saturated carbocycles. The van der Waals surface area contributed by atoms with Gasteiger partial charge in [-0.1, -0.05) is 15.9 Å². The van der Waals surface area contributed by atoms with Crippen molar-refractivity contribution in [2.45, 2.75) is 13.8 Å². The van der Waals surface area contributed by atoms with Crippen LogP contribution < -0.4 is 0 Å². The number of halogens is 2.